The first kappa shape index (κ1) is 12.9. The first-order valence-corrected chi connectivity index (χ1v) is 5.01. The topological polar surface area (TPSA) is 25.8 Å². The van der Waals surface area contributed by atoms with E-state index in [9.17, 15) is 13.2 Å². The van der Waals surface area contributed by atoms with Crippen LogP contribution in [0.4, 0.5) is 13.2 Å². The minimum Gasteiger partial charge on any atom is -0.240 e. The van der Waals surface area contributed by atoms with E-state index >= 15 is 0 Å². The van der Waals surface area contributed by atoms with Crippen LogP contribution in [-0.4, -0.2) is 9.97 Å². The average Bonchev–Trinajstić information content (AvgIpc) is 2.14. The summed E-state index contributed by atoms with van der Waals surface area (Å²) in [6, 6.07) is 0. The van der Waals surface area contributed by atoms with Crippen LogP contribution in [0.15, 0.2) is 12.4 Å². The summed E-state index contributed by atoms with van der Waals surface area (Å²) in [5, 5.41) is 0. The molecule has 0 radical (unpaired) electrons. The van der Waals surface area contributed by atoms with Crippen molar-refractivity contribution >= 4 is 0 Å². The molecule has 0 spiro atoms. The summed E-state index contributed by atoms with van der Waals surface area (Å²) < 4.78 is 36.8. The Morgan fingerprint density at radius 1 is 1.06 bits per heavy atom. The van der Waals surface area contributed by atoms with E-state index in [1.54, 1.807) is 0 Å². The molecule has 0 fully saturated rings. The fraction of sp³-hybridized carbons (Fsp3) is 0.636. The standard InChI is InChI=1S/C11H15F3N2/c1-7(10(2,3)4)9-15-5-8(6-16-9)11(12,13)14/h5-7H,1-4H3. The van der Waals surface area contributed by atoms with Crippen molar-refractivity contribution in [3.63, 3.8) is 0 Å². The van der Waals surface area contributed by atoms with Crippen molar-refractivity contribution in [2.24, 2.45) is 5.41 Å². The van der Waals surface area contributed by atoms with Gasteiger partial charge < -0.3 is 0 Å². The summed E-state index contributed by atoms with van der Waals surface area (Å²) in [5.41, 5.74) is -0.878. The van der Waals surface area contributed by atoms with Crippen LogP contribution in [0.3, 0.4) is 0 Å². The van der Waals surface area contributed by atoms with Crippen molar-refractivity contribution < 1.29 is 13.2 Å². The second-order valence-electron chi connectivity index (χ2n) is 4.92. The molecule has 1 rings (SSSR count). The van der Waals surface area contributed by atoms with Gasteiger partial charge in [-0.1, -0.05) is 27.7 Å². The number of nitrogens with zero attached hydrogens (tertiary/aromatic N) is 2. The lowest BCUT2D eigenvalue weighted by Gasteiger charge is -2.25. The van der Waals surface area contributed by atoms with Gasteiger partial charge in [0.1, 0.15) is 5.82 Å². The highest BCUT2D eigenvalue weighted by Crippen LogP contribution is 2.33. The monoisotopic (exact) mass is 232 g/mol. The maximum atomic E-state index is 12.3. The van der Waals surface area contributed by atoms with Crippen LogP contribution in [0.1, 0.15) is 45.0 Å². The molecule has 0 saturated carbocycles. The van der Waals surface area contributed by atoms with Crippen LogP contribution in [0.25, 0.3) is 0 Å². The largest absolute Gasteiger partial charge is 0.419 e. The Kier molecular flexibility index (Phi) is 3.26. The van der Waals surface area contributed by atoms with Gasteiger partial charge in [-0.05, 0) is 5.41 Å². The van der Waals surface area contributed by atoms with Gasteiger partial charge in [0.25, 0.3) is 0 Å². The van der Waals surface area contributed by atoms with Gasteiger partial charge >= 0.3 is 6.18 Å². The second kappa shape index (κ2) is 4.03. The predicted molar refractivity (Wildman–Crippen MR) is 54.9 cm³/mol. The third-order valence-corrected chi connectivity index (χ3v) is 2.69. The highest BCUT2D eigenvalue weighted by Gasteiger charge is 2.32. The van der Waals surface area contributed by atoms with Crippen LogP contribution < -0.4 is 0 Å². The van der Waals surface area contributed by atoms with E-state index in [4.69, 9.17) is 0 Å². The van der Waals surface area contributed by atoms with Gasteiger partial charge in [0, 0.05) is 18.3 Å². The molecule has 1 aromatic heterocycles. The zero-order chi connectivity index (χ0) is 12.6. The van der Waals surface area contributed by atoms with Gasteiger partial charge in [-0.25, -0.2) is 9.97 Å². The first-order valence-electron chi connectivity index (χ1n) is 5.01. The average molecular weight is 232 g/mol. The summed E-state index contributed by atoms with van der Waals surface area (Å²) in [5.74, 6) is 0.454. The zero-order valence-electron chi connectivity index (χ0n) is 9.76. The van der Waals surface area contributed by atoms with Crippen LogP contribution >= 0.6 is 0 Å². The van der Waals surface area contributed by atoms with E-state index in [-0.39, 0.29) is 11.3 Å². The highest BCUT2D eigenvalue weighted by molar-refractivity contribution is 5.11. The van der Waals surface area contributed by atoms with Crippen LogP contribution in [-0.2, 0) is 6.18 Å². The molecule has 0 aromatic carbocycles. The molecular formula is C11H15F3N2. The first-order chi connectivity index (χ1) is 7.12. The molecule has 0 bridgehead atoms. The second-order valence-corrected chi connectivity index (χ2v) is 4.92. The maximum absolute atomic E-state index is 12.3. The zero-order valence-corrected chi connectivity index (χ0v) is 9.76. The third kappa shape index (κ3) is 2.93. The van der Waals surface area contributed by atoms with E-state index in [0.717, 1.165) is 12.4 Å². The van der Waals surface area contributed by atoms with Gasteiger partial charge in [0.2, 0.25) is 0 Å². The van der Waals surface area contributed by atoms with Gasteiger partial charge in [0.05, 0.1) is 5.56 Å². The van der Waals surface area contributed by atoms with E-state index in [1.165, 1.54) is 0 Å². The molecule has 0 aliphatic rings. The maximum Gasteiger partial charge on any atom is 0.419 e. The Morgan fingerprint density at radius 2 is 1.50 bits per heavy atom. The summed E-state index contributed by atoms with van der Waals surface area (Å²) in [6.45, 7) is 7.90. The van der Waals surface area contributed by atoms with Gasteiger partial charge in [0.15, 0.2) is 0 Å². The Bertz CT molecular complexity index is 349. The van der Waals surface area contributed by atoms with E-state index in [0.29, 0.717) is 5.82 Å². The molecule has 16 heavy (non-hydrogen) atoms. The number of hydrogen-bond donors (Lipinski definition) is 0. The normalized spacial score (nSPS) is 14.9. The molecule has 5 heteroatoms. The van der Waals surface area contributed by atoms with Gasteiger partial charge in [-0.3, -0.25) is 0 Å². The SMILES string of the molecule is CC(c1ncc(C(F)(F)F)cn1)C(C)(C)C. The fourth-order valence-corrected chi connectivity index (χ4v) is 1.10. The molecule has 0 amide bonds. The number of aromatic nitrogens is 2. The summed E-state index contributed by atoms with van der Waals surface area (Å²) >= 11 is 0. The lowest BCUT2D eigenvalue weighted by molar-refractivity contribution is -0.138. The number of hydrogen-bond acceptors (Lipinski definition) is 2. The van der Waals surface area contributed by atoms with E-state index < -0.39 is 11.7 Å². The molecule has 1 heterocycles. The third-order valence-electron chi connectivity index (χ3n) is 2.69. The van der Waals surface area contributed by atoms with Crippen molar-refractivity contribution in [1.82, 2.24) is 9.97 Å². The van der Waals surface area contributed by atoms with Crippen molar-refractivity contribution in [3.8, 4) is 0 Å². The molecule has 2 nitrogen and oxygen atoms in total. The smallest absolute Gasteiger partial charge is 0.240 e. The Balaban J connectivity index is 2.96. The van der Waals surface area contributed by atoms with E-state index in [1.807, 2.05) is 27.7 Å². The molecular weight excluding hydrogens is 217 g/mol. The van der Waals surface area contributed by atoms with Crippen molar-refractivity contribution in [2.75, 3.05) is 0 Å². The van der Waals surface area contributed by atoms with Crippen LogP contribution in [0.5, 0.6) is 0 Å². The summed E-state index contributed by atoms with van der Waals surface area (Å²) in [4.78, 5) is 7.56. The van der Waals surface area contributed by atoms with Gasteiger partial charge in [-0.15, -0.1) is 0 Å². The molecule has 1 unspecified atom stereocenters. The van der Waals surface area contributed by atoms with Crippen LogP contribution in [0.2, 0.25) is 0 Å². The quantitative estimate of drug-likeness (QED) is 0.738. The lowest BCUT2D eigenvalue weighted by Crippen LogP contribution is -2.18. The summed E-state index contributed by atoms with van der Waals surface area (Å²) in [6.07, 6.45) is -2.70. The Hall–Kier alpha value is -1.13. The Labute approximate surface area is 92.9 Å². The number of alkyl halides is 3. The Morgan fingerprint density at radius 3 is 1.81 bits per heavy atom. The van der Waals surface area contributed by atoms with Crippen LogP contribution in [0, 0.1) is 5.41 Å². The predicted octanol–water partition coefficient (Wildman–Crippen LogP) is 3.65. The fourth-order valence-electron chi connectivity index (χ4n) is 1.10. The lowest BCUT2D eigenvalue weighted by atomic mass is 9.81. The molecule has 0 aliphatic heterocycles. The summed E-state index contributed by atoms with van der Waals surface area (Å²) in [7, 11) is 0. The van der Waals surface area contributed by atoms with Crippen molar-refractivity contribution in [2.45, 2.75) is 39.8 Å². The van der Waals surface area contributed by atoms with Crippen molar-refractivity contribution in [1.29, 1.82) is 0 Å². The number of halogens is 3. The molecule has 0 saturated heterocycles. The van der Waals surface area contributed by atoms with Crippen molar-refractivity contribution in [3.05, 3.63) is 23.8 Å². The minimum atomic E-state index is -4.37. The minimum absolute atomic E-state index is 0.00906. The molecule has 0 N–H and O–H groups in total. The molecule has 90 valence electrons. The van der Waals surface area contributed by atoms with Gasteiger partial charge in [-0.2, -0.15) is 13.2 Å². The molecule has 1 aromatic rings. The molecule has 0 aliphatic carbocycles. The highest BCUT2D eigenvalue weighted by atomic mass is 19.4. The number of rotatable bonds is 1. The molecule has 1 atom stereocenters. The van der Waals surface area contributed by atoms with E-state index in [2.05, 4.69) is 9.97 Å².